The zero-order chi connectivity index (χ0) is 7.40. The molecule has 0 heterocycles. The molecule has 0 amide bonds. The van der Waals surface area contributed by atoms with Crippen molar-refractivity contribution in [1.82, 2.24) is 0 Å². The van der Waals surface area contributed by atoms with Crippen molar-refractivity contribution in [3.8, 4) is 0 Å². The van der Waals surface area contributed by atoms with Crippen LogP contribution < -0.4 is 0 Å². The minimum Gasteiger partial charge on any atom is -0.396 e. The van der Waals surface area contributed by atoms with Gasteiger partial charge in [0.15, 0.2) is 0 Å². The Balaban J connectivity index is 2.25. The van der Waals surface area contributed by atoms with Gasteiger partial charge in [-0.2, -0.15) is 0 Å². The first-order chi connectivity index (χ1) is 4.86. The van der Waals surface area contributed by atoms with Crippen LogP contribution in [0, 0.1) is 11.8 Å². The van der Waals surface area contributed by atoms with E-state index in [0.29, 0.717) is 12.5 Å². The third kappa shape index (κ3) is 1.98. The van der Waals surface area contributed by atoms with Crippen molar-refractivity contribution >= 4 is 0 Å². The summed E-state index contributed by atoms with van der Waals surface area (Å²) in [5.41, 5.74) is 0. The topological polar surface area (TPSA) is 20.2 Å². The molecular weight excluding hydrogens is 124 g/mol. The monoisotopic (exact) mass is 142 g/mol. The molecule has 0 saturated heterocycles. The van der Waals surface area contributed by atoms with Crippen LogP contribution in [0.3, 0.4) is 0 Å². The lowest BCUT2D eigenvalue weighted by Crippen LogP contribution is -2.17. The average Bonchev–Trinajstić information content (AvgIpc) is 2.05. The largest absolute Gasteiger partial charge is 0.396 e. The van der Waals surface area contributed by atoms with E-state index >= 15 is 0 Å². The molecule has 10 heavy (non-hydrogen) atoms. The highest BCUT2D eigenvalue weighted by Gasteiger charge is 2.19. The quantitative estimate of drug-likeness (QED) is 0.626. The molecule has 0 aromatic carbocycles. The molecule has 1 nitrogen and oxygen atoms in total. The van der Waals surface area contributed by atoms with Gasteiger partial charge in [-0.1, -0.05) is 26.2 Å². The Kier molecular flexibility index (Phi) is 3.20. The number of aliphatic hydroxyl groups is 1. The van der Waals surface area contributed by atoms with Gasteiger partial charge in [0.05, 0.1) is 0 Å². The van der Waals surface area contributed by atoms with Gasteiger partial charge in [-0.3, -0.25) is 0 Å². The molecule has 1 N–H and O–H groups in total. The maximum atomic E-state index is 8.90. The summed E-state index contributed by atoms with van der Waals surface area (Å²) in [6.45, 7) is 2.67. The van der Waals surface area contributed by atoms with Gasteiger partial charge in [-0.05, 0) is 24.7 Å². The average molecular weight is 142 g/mol. The standard InChI is InChI=1S/C9H18O/c1-2-8-4-3-5-9(6-8)7-10/h8-10H,2-7H2,1H3/t8-,9+/m1/s1. The summed E-state index contributed by atoms with van der Waals surface area (Å²) in [5, 5.41) is 8.90. The van der Waals surface area contributed by atoms with Gasteiger partial charge >= 0.3 is 0 Å². The minimum atomic E-state index is 0.413. The van der Waals surface area contributed by atoms with E-state index in [2.05, 4.69) is 6.92 Å². The van der Waals surface area contributed by atoms with Crippen LogP contribution in [0.15, 0.2) is 0 Å². The van der Waals surface area contributed by atoms with Gasteiger partial charge < -0.3 is 5.11 Å². The summed E-state index contributed by atoms with van der Waals surface area (Å²) < 4.78 is 0. The Labute approximate surface area is 63.4 Å². The zero-order valence-electron chi connectivity index (χ0n) is 6.84. The smallest absolute Gasteiger partial charge is 0.0459 e. The van der Waals surface area contributed by atoms with Gasteiger partial charge in [0.2, 0.25) is 0 Å². The maximum absolute atomic E-state index is 8.90. The SMILES string of the molecule is CC[C@@H]1CCC[C@H](CO)C1. The molecule has 0 unspecified atom stereocenters. The van der Waals surface area contributed by atoms with Gasteiger partial charge in [-0.15, -0.1) is 0 Å². The molecule has 1 saturated carbocycles. The lowest BCUT2D eigenvalue weighted by atomic mass is 9.81. The van der Waals surface area contributed by atoms with Crippen molar-refractivity contribution in [2.75, 3.05) is 6.61 Å². The second-order valence-corrected chi connectivity index (χ2v) is 3.49. The fourth-order valence-corrected chi connectivity index (χ4v) is 1.94. The summed E-state index contributed by atoms with van der Waals surface area (Å²) in [6, 6.07) is 0. The van der Waals surface area contributed by atoms with E-state index in [1.807, 2.05) is 0 Å². The van der Waals surface area contributed by atoms with E-state index in [0.717, 1.165) is 5.92 Å². The highest BCUT2D eigenvalue weighted by molar-refractivity contribution is 4.71. The first kappa shape index (κ1) is 8.06. The minimum absolute atomic E-state index is 0.413. The number of hydrogen-bond donors (Lipinski definition) is 1. The van der Waals surface area contributed by atoms with Crippen LogP contribution in [0.25, 0.3) is 0 Å². The maximum Gasteiger partial charge on any atom is 0.0459 e. The summed E-state index contributed by atoms with van der Waals surface area (Å²) in [5.74, 6) is 1.53. The van der Waals surface area contributed by atoms with Crippen LogP contribution in [0.2, 0.25) is 0 Å². The van der Waals surface area contributed by atoms with Crippen LogP contribution in [-0.4, -0.2) is 11.7 Å². The molecule has 0 aliphatic heterocycles. The van der Waals surface area contributed by atoms with Gasteiger partial charge in [-0.25, -0.2) is 0 Å². The van der Waals surface area contributed by atoms with Crippen LogP contribution >= 0.6 is 0 Å². The number of aliphatic hydroxyl groups excluding tert-OH is 1. The van der Waals surface area contributed by atoms with E-state index in [1.165, 1.54) is 32.1 Å². The van der Waals surface area contributed by atoms with E-state index in [4.69, 9.17) is 5.11 Å². The second kappa shape index (κ2) is 3.97. The summed E-state index contributed by atoms with van der Waals surface area (Å²) in [7, 11) is 0. The molecule has 1 heteroatoms. The van der Waals surface area contributed by atoms with Gasteiger partial charge in [0, 0.05) is 6.61 Å². The van der Waals surface area contributed by atoms with Crippen molar-refractivity contribution < 1.29 is 5.11 Å². The van der Waals surface area contributed by atoms with Crippen molar-refractivity contribution in [3.63, 3.8) is 0 Å². The molecule has 0 bridgehead atoms. The zero-order valence-corrected chi connectivity index (χ0v) is 6.84. The third-order valence-electron chi connectivity index (χ3n) is 2.73. The molecule has 2 atom stereocenters. The first-order valence-corrected chi connectivity index (χ1v) is 4.47. The summed E-state index contributed by atoms with van der Waals surface area (Å²) in [4.78, 5) is 0. The van der Waals surface area contributed by atoms with Crippen LogP contribution in [-0.2, 0) is 0 Å². The normalized spacial score (nSPS) is 34.2. The molecule has 0 spiro atoms. The lowest BCUT2D eigenvalue weighted by Gasteiger charge is -2.26. The molecule has 1 rings (SSSR count). The molecule has 1 aliphatic carbocycles. The Morgan fingerprint density at radius 1 is 1.30 bits per heavy atom. The highest BCUT2D eigenvalue weighted by Crippen LogP contribution is 2.30. The molecule has 1 fully saturated rings. The molecule has 1 aliphatic rings. The summed E-state index contributed by atoms with van der Waals surface area (Å²) in [6.07, 6.45) is 6.56. The molecule has 60 valence electrons. The van der Waals surface area contributed by atoms with Crippen LogP contribution in [0.5, 0.6) is 0 Å². The van der Waals surface area contributed by atoms with E-state index in [9.17, 15) is 0 Å². The third-order valence-corrected chi connectivity index (χ3v) is 2.73. The fourth-order valence-electron chi connectivity index (χ4n) is 1.94. The van der Waals surface area contributed by atoms with Crippen molar-refractivity contribution in [2.24, 2.45) is 11.8 Å². The second-order valence-electron chi connectivity index (χ2n) is 3.49. The number of rotatable bonds is 2. The lowest BCUT2D eigenvalue weighted by molar-refractivity contribution is 0.159. The van der Waals surface area contributed by atoms with Crippen molar-refractivity contribution in [3.05, 3.63) is 0 Å². The van der Waals surface area contributed by atoms with Gasteiger partial charge in [0.1, 0.15) is 0 Å². The number of hydrogen-bond acceptors (Lipinski definition) is 1. The summed E-state index contributed by atoms with van der Waals surface area (Å²) >= 11 is 0. The Hall–Kier alpha value is -0.0400. The van der Waals surface area contributed by atoms with Gasteiger partial charge in [0.25, 0.3) is 0 Å². The predicted octanol–water partition coefficient (Wildman–Crippen LogP) is 2.20. The first-order valence-electron chi connectivity index (χ1n) is 4.47. The molecule has 0 aromatic heterocycles. The molecule has 0 aromatic rings. The van der Waals surface area contributed by atoms with E-state index in [-0.39, 0.29) is 0 Å². The molecular formula is C9H18O. The Bertz CT molecular complexity index is 80.7. The highest BCUT2D eigenvalue weighted by atomic mass is 16.3. The van der Waals surface area contributed by atoms with Crippen LogP contribution in [0.4, 0.5) is 0 Å². The van der Waals surface area contributed by atoms with E-state index in [1.54, 1.807) is 0 Å². The van der Waals surface area contributed by atoms with Crippen LogP contribution in [0.1, 0.15) is 39.0 Å². The Morgan fingerprint density at radius 2 is 2.00 bits per heavy atom. The predicted molar refractivity (Wildman–Crippen MR) is 42.8 cm³/mol. The Morgan fingerprint density at radius 3 is 2.60 bits per heavy atom. The fraction of sp³-hybridized carbons (Fsp3) is 1.00. The van der Waals surface area contributed by atoms with E-state index < -0.39 is 0 Å². The molecule has 0 radical (unpaired) electrons. The van der Waals surface area contributed by atoms with Crippen molar-refractivity contribution in [2.45, 2.75) is 39.0 Å². The van der Waals surface area contributed by atoms with Crippen molar-refractivity contribution in [1.29, 1.82) is 0 Å².